The number of methoxy groups -OCH3 is 1. The molecule has 1 aromatic rings. The van der Waals surface area contributed by atoms with Crippen molar-refractivity contribution in [3.63, 3.8) is 0 Å². The Balaban J connectivity index is 1.70. The number of carbonyl (C=O) groups excluding carboxylic acids is 2. The van der Waals surface area contributed by atoms with E-state index in [9.17, 15) is 14.0 Å². The average molecular weight is 348 g/mol. The van der Waals surface area contributed by atoms with Gasteiger partial charge in [0.05, 0.1) is 13.5 Å². The quantitative estimate of drug-likeness (QED) is 0.821. The van der Waals surface area contributed by atoms with Crippen molar-refractivity contribution in [2.75, 3.05) is 26.7 Å². The Bertz CT molecular complexity index is 650. The molecule has 0 saturated carbocycles. The molecule has 0 spiro atoms. The van der Waals surface area contributed by atoms with Gasteiger partial charge >= 0.3 is 0 Å². The summed E-state index contributed by atoms with van der Waals surface area (Å²) in [6.07, 6.45) is 4.58. The van der Waals surface area contributed by atoms with E-state index in [2.05, 4.69) is 0 Å². The number of likely N-dealkylation sites (tertiary alicyclic amines) is 2. The van der Waals surface area contributed by atoms with Gasteiger partial charge in [-0.2, -0.15) is 0 Å². The molecule has 2 fully saturated rings. The lowest BCUT2D eigenvalue weighted by Gasteiger charge is -2.38. The van der Waals surface area contributed by atoms with Crippen molar-refractivity contribution in [2.45, 2.75) is 44.6 Å². The molecule has 1 unspecified atom stereocenters. The predicted molar refractivity (Wildman–Crippen MR) is 91.8 cm³/mol. The smallest absolute Gasteiger partial charge is 0.227 e. The van der Waals surface area contributed by atoms with Crippen molar-refractivity contribution >= 4 is 11.8 Å². The van der Waals surface area contributed by atoms with Gasteiger partial charge in [-0.25, -0.2) is 4.39 Å². The molecule has 0 aromatic heterocycles. The number of benzene rings is 1. The molecule has 2 aliphatic heterocycles. The molecule has 2 heterocycles. The van der Waals surface area contributed by atoms with Crippen molar-refractivity contribution in [2.24, 2.45) is 0 Å². The normalized spacial score (nSPS) is 20.9. The van der Waals surface area contributed by atoms with Gasteiger partial charge in [0, 0.05) is 37.7 Å². The van der Waals surface area contributed by atoms with Crippen LogP contribution in [0.5, 0.6) is 5.75 Å². The standard InChI is InChI=1S/C19H25FN2O3/c1-25-17-8-7-15(20)11-14(17)12-19(24)22-10-3-2-5-16(22)13-21-9-4-6-18(21)23/h7-8,11,16H,2-6,9-10,12-13H2,1H3. The van der Waals surface area contributed by atoms with E-state index in [0.717, 1.165) is 32.2 Å². The summed E-state index contributed by atoms with van der Waals surface area (Å²) in [5.74, 6) is 0.310. The number of nitrogens with zero attached hydrogens (tertiary/aromatic N) is 2. The number of hydrogen-bond donors (Lipinski definition) is 0. The second-order valence-electron chi connectivity index (χ2n) is 6.81. The molecule has 6 heteroatoms. The first-order valence-electron chi connectivity index (χ1n) is 8.98. The number of carbonyl (C=O) groups is 2. The van der Waals surface area contributed by atoms with Crippen LogP contribution in [0.4, 0.5) is 4.39 Å². The Labute approximate surface area is 147 Å². The fraction of sp³-hybridized carbons (Fsp3) is 0.579. The molecule has 1 atom stereocenters. The first kappa shape index (κ1) is 17.7. The highest BCUT2D eigenvalue weighted by molar-refractivity contribution is 5.80. The third-order valence-corrected chi connectivity index (χ3v) is 5.13. The molecule has 2 aliphatic rings. The van der Waals surface area contributed by atoms with E-state index in [1.54, 1.807) is 6.07 Å². The van der Waals surface area contributed by atoms with Crippen molar-refractivity contribution in [1.29, 1.82) is 0 Å². The molecular weight excluding hydrogens is 323 g/mol. The first-order valence-corrected chi connectivity index (χ1v) is 8.98. The van der Waals surface area contributed by atoms with Crippen LogP contribution in [0.25, 0.3) is 0 Å². The minimum Gasteiger partial charge on any atom is -0.496 e. The van der Waals surface area contributed by atoms with Crippen LogP contribution < -0.4 is 4.74 Å². The van der Waals surface area contributed by atoms with Crippen molar-refractivity contribution in [1.82, 2.24) is 9.80 Å². The first-order chi connectivity index (χ1) is 12.1. The van der Waals surface area contributed by atoms with Crippen molar-refractivity contribution in [3.05, 3.63) is 29.6 Å². The van der Waals surface area contributed by atoms with Gasteiger partial charge in [-0.3, -0.25) is 9.59 Å². The van der Waals surface area contributed by atoms with E-state index in [4.69, 9.17) is 4.74 Å². The maximum Gasteiger partial charge on any atom is 0.227 e. The van der Waals surface area contributed by atoms with Gasteiger partial charge in [-0.05, 0) is 43.9 Å². The molecule has 0 N–H and O–H groups in total. The van der Waals surface area contributed by atoms with Crippen LogP contribution in [0.2, 0.25) is 0 Å². The third kappa shape index (κ3) is 4.11. The zero-order valence-corrected chi connectivity index (χ0v) is 14.7. The minimum atomic E-state index is -0.374. The Morgan fingerprint density at radius 2 is 2.12 bits per heavy atom. The molecule has 3 rings (SSSR count). The number of hydrogen-bond acceptors (Lipinski definition) is 3. The summed E-state index contributed by atoms with van der Waals surface area (Å²) in [4.78, 5) is 28.5. The van der Waals surface area contributed by atoms with Gasteiger partial charge in [0.25, 0.3) is 0 Å². The Morgan fingerprint density at radius 1 is 1.28 bits per heavy atom. The maximum atomic E-state index is 13.5. The molecule has 0 aliphatic carbocycles. The van der Waals surface area contributed by atoms with Crippen LogP contribution in [0.1, 0.15) is 37.7 Å². The lowest BCUT2D eigenvalue weighted by molar-refractivity contribution is -0.137. The summed E-state index contributed by atoms with van der Waals surface area (Å²) in [5, 5.41) is 0. The predicted octanol–water partition coefficient (Wildman–Crippen LogP) is 2.38. The van der Waals surface area contributed by atoms with Gasteiger partial charge < -0.3 is 14.5 Å². The van der Waals surface area contributed by atoms with Gasteiger partial charge in [0.2, 0.25) is 11.8 Å². The van der Waals surface area contributed by atoms with Crippen LogP contribution in [0.15, 0.2) is 18.2 Å². The van der Waals surface area contributed by atoms with E-state index in [1.165, 1.54) is 19.2 Å². The highest BCUT2D eigenvalue weighted by atomic mass is 19.1. The second kappa shape index (κ2) is 7.85. The van der Waals surface area contributed by atoms with Crippen LogP contribution in [-0.4, -0.2) is 54.4 Å². The van der Waals surface area contributed by atoms with Crippen LogP contribution in [0.3, 0.4) is 0 Å². The lowest BCUT2D eigenvalue weighted by Crippen LogP contribution is -2.50. The largest absolute Gasteiger partial charge is 0.496 e. The van der Waals surface area contributed by atoms with Gasteiger partial charge in [0.1, 0.15) is 11.6 Å². The number of ether oxygens (including phenoxy) is 1. The molecule has 5 nitrogen and oxygen atoms in total. The van der Waals surface area contributed by atoms with E-state index < -0.39 is 0 Å². The highest BCUT2D eigenvalue weighted by Gasteiger charge is 2.31. The lowest BCUT2D eigenvalue weighted by atomic mass is 10.00. The number of halogens is 1. The van der Waals surface area contributed by atoms with Gasteiger partial charge in [-0.1, -0.05) is 0 Å². The zero-order valence-electron chi connectivity index (χ0n) is 14.7. The highest BCUT2D eigenvalue weighted by Crippen LogP contribution is 2.24. The zero-order chi connectivity index (χ0) is 17.8. The third-order valence-electron chi connectivity index (χ3n) is 5.13. The summed E-state index contributed by atoms with van der Waals surface area (Å²) in [6, 6.07) is 4.30. The summed E-state index contributed by atoms with van der Waals surface area (Å²) in [7, 11) is 1.52. The molecule has 0 bridgehead atoms. The topological polar surface area (TPSA) is 49.9 Å². The molecule has 2 amide bonds. The summed E-state index contributed by atoms with van der Waals surface area (Å²) < 4.78 is 18.8. The van der Waals surface area contributed by atoms with E-state index in [1.807, 2.05) is 9.80 Å². The fourth-order valence-electron chi connectivity index (χ4n) is 3.82. The van der Waals surface area contributed by atoms with Crippen LogP contribution in [-0.2, 0) is 16.0 Å². The Kier molecular flexibility index (Phi) is 5.56. The molecule has 2 saturated heterocycles. The number of rotatable bonds is 5. The van der Waals surface area contributed by atoms with Crippen molar-refractivity contribution in [3.8, 4) is 5.75 Å². The van der Waals surface area contributed by atoms with Crippen molar-refractivity contribution < 1.29 is 18.7 Å². The minimum absolute atomic E-state index is 0.0276. The number of piperidine rings is 1. The summed E-state index contributed by atoms with van der Waals surface area (Å²) in [6.45, 7) is 2.10. The van der Waals surface area contributed by atoms with E-state index in [0.29, 0.717) is 30.8 Å². The molecule has 25 heavy (non-hydrogen) atoms. The molecule has 0 radical (unpaired) electrons. The van der Waals surface area contributed by atoms with Crippen LogP contribution >= 0.6 is 0 Å². The average Bonchev–Trinajstić information content (AvgIpc) is 3.00. The van der Waals surface area contributed by atoms with E-state index >= 15 is 0 Å². The second-order valence-corrected chi connectivity index (χ2v) is 6.81. The Hall–Kier alpha value is -2.11. The molecule has 1 aromatic carbocycles. The van der Waals surface area contributed by atoms with Crippen LogP contribution in [0, 0.1) is 5.82 Å². The maximum absolute atomic E-state index is 13.5. The van der Waals surface area contributed by atoms with E-state index in [-0.39, 0.29) is 30.1 Å². The van der Waals surface area contributed by atoms with Gasteiger partial charge in [-0.15, -0.1) is 0 Å². The molecular formula is C19H25FN2O3. The summed E-state index contributed by atoms with van der Waals surface area (Å²) >= 11 is 0. The fourth-order valence-corrected chi connectivity index (χ4v) is 3.82. The SMILES string of the molecule is COc1ccc(F)cc1CC(=O)N1CCCCC1CN1CCCC1=O. The van der Waals surface area contributed by atoms with Gasteiger partial charge in [0.15, 0.2) is 0 Å². The summed E-state index contributed by atoms with van der Waals surface area (Å²) in [5.41, 5.74) is 0.564. The monoisotopic (exact) mass is 348 g/mol. The molecule has 136 valence electrons. The Morgan fingerprint density at radius 3 is 2.84 bits per heavy atom. The number of amides is 2.